The number of aromatic nitrogens is 2. The Morgan fingerprint density at radius 1 is 0.867 bits per heavy atom. The Bertz CT molecular complexity index is 1190. The number of hydrogen-bond donors (Lipinski definition) is 2. The van der Waals surface area contributed by atoms with Crippen LogP contribution in [0.2, 0.25) is 0 Å². The first-order valence-electron chi connectivity index (χ1n) is 9.40. The molecule has 1 heterocycles. The van der Waals surface area contributed by atoms with Crippen molar-refractivity contribution in [1.29, 1.82) is 0 Å². The van der Waals surface area contributed by atoms with Crippen molar-refractivity contribution in [3.8, 4) is 11.3 Å². The molecule has 1 aromatic heterocycles. The second-order valence-corrected chi connectivity index (χ2v) is 6.82. The van der Waals surface area contributed by atoms with Crippen LogP contribution in [0.4, 0.5) is 21.6 Å². The van der Waals surface area contributed by atoms with Crippen LogP contribution in [-0.2, 0) is 0 Å². The molecule has 5 nitrogen and oxygen atoms in total. The van der Waals surface area contributed by atoms with Crippen LogP contribution in [0.1, 0.15) is 15.9 Å². The fourth-order valence-corrected chi connectivity index (χ4v) is 3.01. The third-order valence-corrected chi connectivity index (χ3v) is 4.48. The van der Waals surface area contributed by atoms with Crippen molar-refractivity contribution in [1.82, 2.24) is 9.97 Å². The van der Waals surface area contributed by atoms with Crippen molar-refractivity contribution in [2.45, 2.75) is 6.92 Å². The van der Waals surface area contributed by atoms with Gasteiger partial charge < -0.3 is 10.6 Å². The van der Waals surface area contributed by atoms with Gasteiger partial charge in [-0.1, -0.05) is 24.3 Å². The quantitative estimate of drug-likeness (QED) is 0.460. The second kappa shape index (κ2) is 8.53. The third-order valence-electron chi connectivity index (χ3n) is 4.48. The molecule has 148 valence electrons. The van der Waals surface area contributed by atoms with Gasteiger partial charge in [0.15, 0.2) is 0 Å². The van der Waals surface area contributed by atoms with Crippen LogP contribution in [0, 0.1) is 12.7 Å². The van der Waals surface area contributed by atoms with Crippen molar-refractivity contribution >= 4 is 23.1 Å². The molecule has 0 aliphatic heterocycles. The summed E-state index contributed by atoms with van der Waals surface area (Å²) >= 11 is 0. The summed E-state index contributed by atoms with van der Waals surface area (Å²) in [6, 6.07) is 22.7. The minimum Gasteiger partial charge on any atom is -0.340 e. The van der Waals surface area contributed by atoms with Crippen molar-refractivity contribution in [2.24, 2.45) is 0 Å². The Balaban J connectivity index is 1.46. The summed E-state index contributed by atoms with van der Waals surface area (Å²) in [5.74, 6) is 0.0731. The van der Waals surface area contributed by atoms with Gasteiger partial charge in [0.05, 0.1) is 5.69 Å². The highest BCUT2D eigenvalue weighted by molar-refractivity contribution is 6.04. The predicted molar refractivity (Wildman–Crippen MR) is 116 cm³/mol. The number of carbonyl (C=O) groups is 1. The number of nitrogens with zero attached hydrogens (tertiary/aromatic N) is 2. The van der Waals surface area contributed by atoms with Crippen LogP contribution in [0.3, 0.4) is 0 Å². The average molecular weight is 398 g/mol. The van der Waals surface area contributed by atoms with Crippen molar-refractivity contribution in [3.05, 3.63) is 102 Å². The first-order valence-corrected chi connectivity index (χ1v) is 9.40. The molecule has 0 atom stereocenters. The maximum absolute atomic E-state index is 13.5. The smallest absolute Gasteiger partial charge is 0.255 e. The van der Waals surface area contributed by atoms with Gasteiger partial charge in [0.25, 0.3) is 5.91 Å². The van der Waals surface area contributed by atoms with E-state index in [-0.39, 0.29) is 11.7 Å². The van der Waals surface area contributed by atoms with Crippen LogP contribution in [-0.4, -0.2) is 15.9 Å². The molecule has 30 heavy (non-hydrogen) atoms. The number of rotatable bonds is 5. The van der Waals surface area contributed by atoms with E-state index in [0.717, 1.165) is 16.9 Å². The van der Waals surface area contributed by atoms with E-state index in [1.807, 2.05) is 31.2 Å². The molecule has 4 rings (SSSR count). The van der Waals surface area contributed by atoms with Crippen LogP contribution in [0.25, 0.3) is 11.3 Å². The molecule has 4 aromatic rings. The monoisotopic (exact) mass is 398 g/mol. The van der Waals surface area contributed by atoms with Gasteiger partial charge in [-0.15, -0.1) is 0 Å². The van der Waals surface area contributed by atoms with Crippen LogP contribution in [0.15, 0.2) is 85.2 Å². The molecule has 0 aliphatic carbocycles. The molecule has 0 saturated carbocycles. The topological polar surface area (TPSA) is 66.9 Å². The molecule has 0 radical (unpaired) electrons. The standard InChI is InChI=1S/C24H19FN4O/c1-16-4-2-7-21(12-16)29-24(30)17-8-10-20(11-9-17)28-23-14-22(26-15-27-23)18-5-3-6-19(25)13-18/h2-15H,1H3,(H,29,30)(H,26,27,28). The number of aryl methyl sites for hydroxylation is 1. The largest absolute Gasteiger partial charge is 0.340 e. The molecule has 6 heteroatoms. The Morgan fingerprint density at radius 3 is 2.43 bits per heavy atom. The number of amides is 1. The van der Waals surface area contributed by atoms with E-state index in [9.17, 15) is 9.18 Å². The van der Waals surface area contributed by atoms with Crippen LogP contribution in [0.5, 0.6) is 0 Å². The molecule has 3 aromatic carbocycles. The number of halogens is 1. The van der Waals surface area contributed by atoms with E-state index in [4.69, 9.17) is 0 Å². The number of carbonyl (C=O) groups excluding carboxylic acids is 1. The van der Waals surface area contributed by atoms with E-state index < -0.39 is 0 Å². The van der Waals surface area contributed by atoms with Gasteiger partial charge in [-0.2, -0.15) is 0 Å². The number of hydrogen-bond acceptors (Lipinski definition) is 4. The summed E-state index contributed by atoms with van der Waals surface area (Å²) in [5.41, 5.74) is 4.43. The molecule has 0 fully saturated rings. The van der Waals surface area contributed by atoms with E-state index in [1.165, 1.54) is 18.5 Å². The maximum Gasteiger partial charge on any atom is 0.255 e. The van der Waals surface area contributed by atoms with Crippen molar-refractivity contribution in [2.75, 3.05) is 10.6 Å². The predicted octanol–water partition coefficient (Wildman–Crippen LogP) is 5.59. The molecule has 2 N–H and O–H groups in total. The highest BCUT2D eigenvalue weighted by atomic mass is 19.1. The zero-order valence-electron chi connectivity index (χ0n) is 16.3. The first kappa shape index (κ1) is 19.3. The summed E-state index contributed by atoms with van der Waals surface area (Å²) in [4.78, 5) is 20.9. The normalized spacial score (nSPS) is 10.5. The lowest BCUT2D eigenvalue weighted by molar-refractivity contribution is 0.102. The fourth-order valence-electron chi connectivity index (χ4n) is 3.01. The van der Waals surface area contributed by atoms with Gasteiger partial charge in [-0.3, -0.25) is 4.79 Å². The number of benzene rings is 3. The highest BCUT2D eigenvalue weighted by Crippen LogP contribution is 2.22. The lowest BCUT2D eigenvalue weighted by atomic mass is 10.1. The summed E-state index contributed by atoms with van der Waals surface area (Å²) in [6.07, 6.45) is 1.42. The average Bonchev–Trinajstić information content (AvgIpc) is 2.74. The first-order chi connectivity index (χ1) is 14.6. The Hall–Kier alpha value is -4.06. The lowest BCUT2D eigenvalue weighted by Gasteiger charge is -2.09. The fraction of sp³-hybridized carbons (Fsp3) is 0.0417. The highest BCUT2D eigenvalue weighted by Gasteiger charge is 2.07. The number of nitrogens with one attached hydrogen (secondary N) is 2. The lowest BCUT2D eigenvalue weighted by Crippen LogP contribution is -2.11. The van der Waals surface area contributed by atoms with Gasteiger partial charge >= 0.3 is 0 Å². The molecular formula is C24H19FN4O. The van der Waals surface area contributed by atoms with Gasteiger partial charge in [0.1, 0.15) is 18.0 Å². The summed E-state index contributed by atoms with van der Waals surface area (Å²) in [5, 5.41) is 6.06. The van der Waals surface area contributed by atoms with Gasteiger partial charge in [0.2, 0.25) is 0 Å². The zero-order valence-corrected chi connectivity index (χ0v) is 16.3. The second-order valence-electron chi connectivity index (χ2n) is 6.82. The van der Waals surface area contributed by atoms with Gasteiger partial charge in [0, 0.05) is 28.6 Å². The molecule has 0 unspecified atom stereocenters. The van der Waals surface area contributed by atoms with E-state index in [1.54, 1.807) is 42.5 Å². The van der Waals surface area contributed by atoms with Crippen molar-refractivity contribution in [3.63, 3.8) is 0 Å². The van der Waals surface area contributed by atoms with Crippen molar-refractivity contribution < 1.29 is 9.18 Å². The molecule has 0 bridgehead atoms. The van der Waals surface area contributed by atoms with E-state index in [2.05, 4.69) is 20.6 Å². The van der Waals surface area contributed by atoms with Crippen LogP contribution < -0.4 is 10.6 Å². The van der Waals surface area contributed by atoms with Gasteiger partial charge in [-0.25, -0.2) is 14.4 Å². The SMILES string of the molecule is Cc1cccc(NC(=O)c2ccc(Nc3cc(-c4cccc(F)c4)ncn3)cc2)c1. The van der Waals surface area contributed by atoms with Gasteiger partial charge in [-0.05, 0) is 61.0 Å². The minimum absolute atomic E-state index is 0.178. The minimum atomic E-state index is -0.319. The summed E-state index contributed by atoms with van der Waals surface area (Å²) in [6.45, 7) is 1.98. The van der Waals surface area contributed by atoms with E-state index in [0.29, 0.717) is 22.6 Å². The zero-order chi connectivity index (χ0) is 20.9. The maximum atomic E-state index is 13.5. The Kier molecular flexibility index (Phi) is 5.48. The summed E-state index contributed by atoms with van der Waals surface area (Å²) in [7, 11) is 0. The molecule has 0 aliphatic rings. The Labute approximate surface area is 173 Å². The number of anilines is 3. The van der Waals surface area contributed by atoms with Crippen LogP contribution >= 0.6 is 0 Å². The molecular weight excluding hydrogens is 379 g/mol. The molecule has 0 spiro atoms. The summed E-state index contributed by atoms with van der Waals surface area (Å²) < 4.78 is 13.5. The molecule has 1 amide bonds. The Morgan fingerprint density at radius 2 is 1.67 bits per heavy atom. The molecule has 0 saturated heterocycles. The third kappa shape index (κ3) is 4.67. The van der Waals surface area contributed by atoms with E-state index >= 15 is 0 Å².